The molecule has 0 N–H and O–H groups in total. The van der Waals surface area contributed by atoms with E-state index in [1.165, 1.54) is 12.8 Å². The lowest BCUT2D eigenvalue weighted by atomic mass is 9.98. The van der Waals surface area contributed by atoms with E-state index in [1.807, 2.05) is 23.1 Å². The summed E-state index contributed by atoms with van der Waals surface area (Å²) < 4.78 is 17.2. The fourth-order valence-electron chi connectivity index (χ4n) is 4.94. The van der Waals surface area contributed by atoms with Gasteiger partial charge >= 0.3 is 0 Å². The van der Waals surface area contributed by atoms with Gasteiger partial charge in [-0.15, -0.1) is 0 Å². The van der Waals surface area contributed by atoms with Gasteiger partial charge in [0.15, 0.2) is 11.5 Å². The lowest BCUT2D eigenvalue weighted by Gasteiger charge is -2.41. The minimum Gasteiger partial charge on any atom is -0.486 e. The number of hydrogen-bond acceptors (Lipinski definition) is 5. The fourth-order valence-corrected chi connectivity index (χ4v) is 4.94. The second-order valence-corrected chi connectivity index (χ2v) is 8.23. The maximum absolute atomic E-state index is 13.1. The molecule has 1 unspecified atom stereocenters. The Morgan fingerprint density at radius 3 is 2.68 bits per heavy atom. The van der Waals surface area contributed by atoms with Crippen LogP contribution in [0, 0.1) is 5.92 Å². The molecule has 0 aromatic heterocycles. The molecule has 5 rings (SSSR count). The first-order valence-corrected chi connectivity index (χ1v) is 10.3. The van der Waals surface area contributed by atoms with E-state index in [4.69, 9.17) is 14.2 Å². The number of rotatable bonds is 2. The van der Waals surface area contributed by atoms with Crippen molar-refractivity contribution >= 4 is 17.5 Å². The summed E-state index contributed by atoms with van der Waals surface area (Å²) in [5, 5.41) is 0. The van der Waals surface area contributed by atoms with Gasteiger partial charge in [0.1, 0.15) is 13.2 Å². The van der Waals surface area contributed by atoms with E-state index in [9.17, 15) is 9.59 Å². The highest BCUT2D eigenvalue weighted by atomic mass is 16.6. The largest absolute Gasteiger partial charge is 0.486 e. The molecule has 7 nitrogen and oxygen atoms in total. The maximum Gasteiger partial charge on any atom is 0.228 e. The molecular formula is C21H26N2O5. The second kappa shape index (κ2) is 6.95. The molecule has 7 heteroatoms. The van der Waals surface area contributed by atoms with Crippen LogP contribution < -0.4 is 14.4 Å². The molecule has 28 heavy (non-hydrogen) atoms. The van der Waals surface area contributed by atoms with Crippen molar-refractivity contribution in [2.75, 3.05) is 44.4 Å². The lowest BCUT2D eigenvalue weighted by molar-refractivity contribution is -0.153. The topological polar surface area (TPSA) is 68.3 Å². The van der Waals surface area contributed by atoms with Crippen molar-refractivity contribution in [3.8, 4) is 11.5 Å². The highest BCUT2D eigenvalue weighted by Gasteiger charge is 2.44. The van der Waals surface area contributed by atoms with E-state index in [1.54, 1.807) is 4.90 Å². The van der Waals surface area contributed by atoms with Gasteiger partial charge in [-0.3, -0.25) is 9.59 Å². The number of carbonyl (C=O) groups is 2. The average Bonchev–Trinajstić information content (AvgIpc) is 3.33. The Bertz CT molecular complexity index is 789. The average molecular weight is 386 g/mol. The fraction of sp³-hybridized carbons (Fsp3) is 0.619. The first-order chi connectivity index (χ1) is 13.6. The van der Waals surface area contributed by atoms with E-state index in [0.717, 1.165) is 18.5 Å². The van der Waals surface area contributed by atoms with Crippen LogP contribution in [0.5, 0.6) is 11.5 Å². The Morgan fingerprint density at radius 2 is 1.86 bits per heavy atom. The zero-order chi connectivity index (χ0) is 19.1. The smallest absolute Gasteiger partial charge is 0.228 e. The first-order valence-electron chi connectivity index (χ1n) is 10.3. The van der Waals surface area contributed by atoms with E-state index in [0.29, 0.717) is 51.0 Å². The van der Waals surface area contributed by atoms with Crippen LogP contribution in [0.4, 0.5) is 5.69 Å². The van der Waals surface area contributed by atoms with Gasteiger partial charge in [0, 0.05) is 37.8 Å². The number of morpholine rings is 1. The van der Waals surface area contributed by atoms with Crippen molar-refractivity contribution in [3.05, 3.63) is 18.2 Å². The number of carbonyl (C=O) groups excluding carboxylic acids is 2. The molecule has 1 aliphatic carbocycles. The monoisotopic (exact) mass is 386 g/mol. The molecule has 3 fully saturated rings. The van der Waals surface area contributed by atoms with Crippen molar-refractivity contribution in [2.24, 2.45) is 5.92 Å². The van der Waals surface area contributed by atoms with Crippen LogP contribution in [-0.4, -0.2) is 61.8 Å². The molecule has 0 bridgehead atoms. The minimum atomic E-state index is -0.294. The van der Waals surface area contributed by atoms with Crippen LogP contribution in [0.25, 0.3) is 0 Å². The molecule has 1 spiro atoms. The number of hydrogen-bond donors (Lipinski definition) is 0. The number of benzene rings is 1. The Labute approximate surface area is 164 Å². The molecule has 0 radical (unpaired) electrons. The standard InChI is InChI=1S/C21H26N2O5/c24-19-11-15(20(25)22-7-8-28-21(14-22)5-1-2-6-21)13-23(19)16-3-4-17-18(12-16)27-10-9-26-17/h3-4,12,15H,1-2,5-11,13-14H2. The number of nitrogens with zero attached hydrogens (tertiary/aromatic N) is 2. The predicted molar refractivity (Wildman–Crippen MR) is 102 cm³/mol. The van der Waals surface area contributed by atoms with E-state index in [-0.39, 0.29) is 29.8 Å². The zero-order valence-corrected chi connectivity index (χ0v) is 16.0. The normalized spacial score (nSPS) is 26.1. The first kappa shape index (κ1) is 17.8. The van der Waals surface area contributed by atoms with E-state index in [2.05, 4.69) is 0 Å². The van der Waals surface area contributed by atoms with Gasteiger partial charge in [-0.25, -0.2) is 0 Å². The van der Waals surface area contributed by atoms with Gasteiger partial charge in [-0.05, 0) is 25.0 Å². The number of amides is 2. The van der Waals surface area contributed by atoms with Crippen LogP contribution in [0.15, 0.2) is 18.2 Å². The molecule has 150 valence electrons. The molecule has 4 aliphatic rings. The molecule has 1 aromatic carbocycles. The van der Waals surface area contributed by atoms with Gasteiger partial charge in [0.25, 0.3) is 0 Å². The summed E-state index contributed by atoms with van der Waals surface area (Å²) in [4.78, 5) is 29.4. The van der Waals surface area contributed by atoms with E-state index < -0.39 is 0 Å². The summed E-state index contributed by atoms with van der Waals surface area (Å²) >= 11 is 0. The van der Waals surface area contributed by atoms with Crippen molar-refractivity contribution in [2.45, 2.75) is 37.7 Å². The summed E-state index contributed by atoms with van der Waals surface area (Å²) in [7, 11) is 0. The van der Waals surface area contributed by atoms with Crippen molar-refractivity contribution in [1.82, 2.24) is 4.90 Å². The SMILES string of the molecule is O=C(C1CC(=O)N(c2ccc3c(c2)OCCO3)C1)N1CCOC2(CCCC2)C1. The van der Waals surface area contributed by atoms with Crippen LogP contribution in [0.1, 0.15) is 32.1 Å². The summed E-state index contributed by atoms with van der Waals surface area (Å²) in [6.45, 7) is 3.34. The number of ether oxygens (including phenoxy) is 3. The summed E-state index contributed by atoms with van der Waals surface area (Å²) in [6, 6.07) is 5.53. The Kier molecular flexibility index (Phi) is 4.42. The Hall–Kier alpha value is -2.28. The van der Waals surface area contributed by atoms with Crippen molar-refractivity contribution in [3.63, 3.8) is 0 Å². The number of fused-ring (bicyclic) bond motifs is 1. The molecular weight excluding hydrogens is 360 g/mol. The van der Waals surface area contributed by atoms with E-state index >= 15 is 0 Å². The third kappa shape index (κ3) is 3.11. The van der Waals surface area contributed by atoms with Gasteiger partial charge in [0.05, 0.1) is 18.1 Å². The molecule has 1 aromatic rings. The summed E-state index contributed by atoms with van der Waals surface area (Å²) in [5.41, 5.74) is 0.616. The van der Waals surface area contributed by atoms with Gasteiger partial charge in [-0.1, -0.05) is 12.8 Å². The number of anilines is 1. The van der Waals surface area contributed by atoms with Crippen LogP contribution in [0.2, 0.25) is 0 Å². The molecule has 2 saturated heterocycles. The summed E-state index contributed by atoms with van der Waals surface area (Å²) in [5.74, 6) is 1.13. The van der Waals surface area contributed by atoms with Crippen LogP contribution in [0.3, 0.4) is 0 Å². The van der Waals surface area contributed by atoms with Crippen LogP contribution in [-0.2, 0) is 14.3 Å². The second-order valence-electron chi connectivity index (χ2n) is 8.23. The van der Waals surface area contributed by atoms with Crippen molar-refractivity contribution in [1.29, 1.82) is 0 Å². The highest BCUT2D eigenvalue weighted by Crippen LogP contribution is 2.38. The molecule has 2 amide bonds. The molecule has 1 saturated carbocycles. The zero-order valence-electron chi connectivity index (χ0n) is 16.0. The third-order valence-corrected chi connectivity index (χ3v) is 6.39. The Balaban J connectivity index is 1.29. The lowest BCUT2D eigenvalue weighted by Crippen LogP contribution is -2.53. The summed E-state index contributed by atoms with van der Waals surface area (Å²) in [6.07, 6.45) is 4.66. The highest BCUT2D eigenvalue weighted by molar-refractivity contribution is 6.00. The van der Waals surface area contributed by atoms with Crippen LogP contribution >= 0.6 is 0 Å². The predicted octanol–water partition coefficient (Wildman–Crippen LogP) is 1.98. The van der Waals surface area contributed by atoms with Gasteiger partial charge < -0.3 is 24.0 Å². The van der Waals surface area contributed by atoms with Gasteiger partial charge in [0.2, 0.25) is 11.8 Å². The quantitative estimate of drug-likeness (QED) is 0.778. The minimum absolute atomic E-state index is 0.0149. The molecule has 1 atom stereocenters. The maximum atomic E-state index is 13.1. The molecule has 3 aliphatic heterocycles. The Morgan fingerprint density at radius 1 is 1.07 bits per heavy atom. The third-order valence-electron chi connectivity index (χ3n) is 6.39. The molecule has 3 heterocycles. The van der Waals surface area contributed by atoms with Gasteiger partial charge in [-0.2, -0.15) is 0 Å². The van der Waals surface area contributed by atoms with Crippen molar-refractivity contribution < 1.29 is 23.8 Å².